The molecule has 19 heavy (non-hydrogen) atoms. The number of benzene rings is 2. The third kappa shape index (κ3) is 3.76. The summed E-state index contributed by atoms with van der Waals surface area (Å²) in [5, 5.41) is 6.46. The topological polar surface area (TPSA) is 24.1 Å². The monoisotopic (exact) mass is 274 g/mol. The van der Waals surface area contributed by atoms with Crippen LogP contribution in [0.5, 0.6) is 0 Å². The molecular weight excluding hydrogens is 259 g/mol. The van der Waals surface area contributed by atoms with Gasteiger partial charge in [-0.3, -0.25) is 0 Å². The zero-order chi connectivity index (χ0) is 13.8. The van der Waals surface area contributed by atoms with E-state index in [0.29, 0.717) is 16.4 Å². The van der Waals surface area contributed by atoms with E-state index in [-0.39, 0.29) is 5.82 Å². The van der Waals surface area contributed by atoms with Gasteiger partial charge in [-0.1, -0.05) is 18.2 Å². The van der Waals surface area contributed by atoms with Crippen LogP contribution in [0.4, 0.5) is 15.8 Å². The second-order valence-corrected chi connectivity index (χ2v) is 4.82. The Bertz CT molecular complexity index is 611. The van der Waals surface area contributed by atoms with Crippen LogP contribution < -0.4 is 10.6 Å². The standard InChI is InChI=1S/C15H15FN2S/c1-10-4-3-5-12(8-10)17-15(19)18-13-7-6-11(2)14(16)9-13/h3-9H,1-2H3,(H2,17,18,19). The maximum absolute atomic E-state index is 13.4. The van der Waals surface area contributed by atoms with Gasteiger partial charge in [0.1, 0.15) is 5.82 Å². The van der Waals surface area contributed by atoms with Crippen LogP contribution in [0.15, 0.2) is 42.5 Å². The molecule has 2 nitrogen and oxygen atoms in total. The highest BCUT2D eigenvalue weighted by Gasteiger charge is 2.02. The van der Waals surface area contributed by atoms with Crippen LogP contribution in [0.1, 0.15) is 11.1 Å². The Labute approximate surface area is 117 Å². The van der Waals surface area contributed by atoms with E-state index in [0.717, 1.165) is 11.3 Å². The van der Waals surface area contributed by atoms with Crippen molar-refractivity contribution in [3.63, 3.8) is 0 Å². The molecule has 98 valence electrons. The van der Waals surface area contributed by atoms with Gasteiger partial charge < -0.3 is 10.6 Å². The van der Waals surface area contributed by atoms with Crippen LogP contribution in [0.3, 0.4) is 0 Å². The van der Waals surface area contributed by atoms with Crippen molar-refractivity contribution in [2.45, 2.75) is 13.8 Å². The molecule has 0 spiro atoms. The Morgan fingerprint density at radius 3 is 2.32 bits per heavy atom. The molecule has 0 atom stereocenters. The van der Waals surface area contributed by atoms with E-state index in [1.54, 1.807) is 19.1 Å². The summed E-state index contributed by atoms with van der Waals surface area (Å²) in [6, 6.07) is 12.8. The van der Waals surface area contributed by atoms with E-state index in [9.17, 15) is 4.39 Å². The largest absolute Gasteiger partial charge is 0.332 e. The molecule has 4 heteroatoms. The molecule has 2 rings (SSSR count). The highest BCUT2D eigenvalue weighted by molar-refractivity contribution is 7.80. The SMILES string of the molecule is Cc1cccc(NC(=S)Nc2ccc(C)c(F)c2)c1. The summed E-state index contributed by atoms with van der Waals surface area (Å²) in [4.78, 5) is 0. The van der Waals surface area contributed by atoms with Crippen molar-refractivity contribution < 1.29 is 4.39 Å². The van der Waals surface area contributed by atoms with Crippen LogP contribution in [0.2, 0.25) is 0 Å². The number of hydrogen-bond donors (Lipinski definition) is 2. The van der Waals surface area contributed by atoms with Gasteiger partial charge in [0.15, 0.2) is 5.11 Å². The second-order valence-electron chi connectivity index (χ2n) is 4.41. The normalized spacial score (nSPS) is 10.1. The van der Waals surface area contributed by atoms with Crippen LogP contribution >= 0.6 is 12.2 Å². The molecule has 0 aliphatic carbocycles. The molecule has 0 saturated heterocycles. The van der Waals surface area contributed by atoms with Gasteiger partial charge in [0.2, 0.25) is 0 Å². The number of hydrogen-bond acceptors (Lipinski definition) is 1. The molecule has 0 heterocycles. The lowest BCUT2D eigenvalue weighted by Gasteiger charge is -2.11. The minimum absolute atomic E-state index is 0.247. The Hall–Kier alpha value is -1.94. The van der Waals surface area contributed by atoms with Crippen LogP contribution in [0.25, 0.3) is 0 Å². The lowest BCUT2D eigenvalue weighted by molar-refractivity contribution is 0.619. The van der Waals surface area contributed by atoms with Crippen LogP contribution in [-0.4, -0.2) is 5.11 Å². The van der Waals surface area contributed by atoms with Gasteiger partial charge in [0, 0.05) is 11.4 Å². The van der Waals surface area contributed by atoms with Crippen molar-refractivity contribution in [3.05, 3.63) is 59.4 Å². The summed E-state index contributed by atoms with van der Waals surface area (Å²) in [5.74, 6) is -0.247. The molecule has 2 N–H and O–H groups in total. The van der Waals surface area contributed by atoms with Crippen molar-refractivity contribution >= 4 is 28.7 Å². The van der Waals surface area contributed by atoms with Crippen molar-refractivity contribution in [2.75, 3.05) is 10.6 Å². The van der Waals surface area contributed by atoms with Crippen LogP contribution in [0, 0.1) is 19.7 Å². The fourth-order valence-electron chi connectivity index (χ4n) is 1.69. The Morgan fingerprint density at radius 2 is 1.68 bits per heavy atom. The number of halogens is 1. The first-order chi connectivity index (χ1) is 9.04. The summed E-state index contributed by atoms with van der Waals surface area (Å²) in [7, 11) is 0. The minimum atomic E-state index is -0.247. The third-order valence-corrected chi connectivity index (χ3v) is 2.91. The Kier molecular flexibility index (Phi) is 4.12. The van der Waals surface area contributed by atoms with Gasteiger partial charge in [-0.15, -0.1) is 0 Å². The van der Waals surface area contributed by atoms with E-state index in [2.05, 4.69) is 10.6 Å². The lowest BCUT2D eigenvalue weighted by atomic mass is 10.2. The lowest BCUT2D eigenvalue weighted by Crippen LogP contribution is -2.19. The highest BCUT2D eigenvalue weighted by Crippen LogP contribution is 2.15. The predicted molar refractivity (Wildman–Crippen MR) is 82.2 cm³/mol. The molecule has 0 aromatic heterocycles. The number of aryl methyl sites for hydroxylation is 2. The number of thiocarbonyl (C=S) groups is 1. The molecule has 0 saturated carbocycles. The molecule has 0 amide bonds. The zero-order valence-electron chi connectivity index (χ0n) is 10.8. The van der Waals surface area contributed by atoms with Crippen LogP contribution in [-0.2, 0) is 0 Å². The van der Waals surface area contributed by atoms with Gasteiger partial charge in [0.25, 0.3) is 0 Å². The molecule has 0 radical (unpaired) electrons. The summed E-state index contributed by atoms with van der Waals surface area (Å²) in [5.41, 5.74) is 3.30. The van der Waals surface area contributed by atoms with Crippen molar-refractivity contribution in [2.24, 2.45) is 0 Å². The first-order valence-corrected chi connectivity index (χ1v) is 6.36. The molecular formula is C15H15FN2S. The number of rotatable bonds is 2. The van der Waals surface area contributed by atoms with E-state index >= 15 is 0 Å². The first kappa shape index (κ1) is 13.5. The van der Waals surface area contributed by atoms with E-state index in [1.165, 1.54) is 6.07 Å². The maximum atomic E-state index is 13.4. The second kappa shape index (κ2) is 5.80. The molecule has 2 aromatic rings. The molecule has 2 aromatic carbocycles. The molecule has 0 aliphatic heterocycles. The molecule has 0 fully saturated rings. The minimum Gasteiger partial charge on any atom is -0.332 e. The van der Waals surface area contributed by atoms with Crippen molar-refractivity contribution in [1.82, 2.24) is 0 Å². The fraction of sp³-hybridized carbons (Fsp3) is 0.133. The van der Waals surface area contributed by atoms with Gasteiger partial charge in [-0.25, -0.2) is 4.39 Å². The molecule has 0 unspecified atom stereocenters. The number of nitrogens with one attached hydrogen (secondary N) is 2. The van der Waals surface area contributed by atoms with Gasteiger partial charge >= 0.3 is 0 Å². The zero-order valence-corrected chi connectivity index (χ0v) is 11.6. The summed E-state index contributed by atoms with van der Waals surface area (Å²) in [6.45, 7) is 3.74. The molecule has 0 aliphatic rings. The first-order valence-electron chi connectivity index (χ1n) is 5.95. The van der Waals surface area contributed by atoms with Gasteiger partial charge in [0.05, 0.1) is 0 Å². The van der Waals surface area contributed by atoms with E-state index in [1.807, 2.05) is 31.2 Å². The summed E-state index contributed by atoms with van der Waals surface area (Å²) in [6.07, 6.45) is 0. The third-order valence-electron chi connectivity index (χ3n) is 2.71. The molecule has 0 bridgehead atoms. The summed E-state index contributed by atoms with van der Waals surface area (Å²) >= 11 is 5.19. The van der Waals surface area contributed by atoms with E-state index in [4.69, 9.17) is 12.2 Å². The highest BCUT2D eigenvalue weighted by atomic mass is 32.1. The van der Waals surface area contributed by atoms with Crippen molar-refractivity contribution in [3.8, 4) is 0 Å². The fourth-order valence-corrected chi connectivity index (χ4v) is 1.92. The number of anilines is 2. The van der Waals surface area contributed by atoms with Gasteiger partial charge in [-0.2, -0.15) is 0 Å². The average Bonchev–Trinajstić information content (AvgIpc) is 2.34. The smallest absolute Gasteiger partial charge is 0.175 e. The van der Waals surface area contributed by atoms with E-state index < -0.39 is 0 Å². The quantitative estimate of drug-likeness (QED) is 0.800. The Morgan fingerprint density at radius 1 is 1.00 bits per heavy atom. The Balaban J connectivity index is 2.03. The summed E-state index contributed by atoms with van der Waals surface area (Å²) < 4.78 is 13.4. The maximum Gasteiger partial charge on any atom is 0.175 e. The predicted octanol–water partition coefficient (Wildman–Crippen LogP) is 4.25. The average molecular weight is 274 g/mol. The van der Waals surface area contributed by atoms with Gasteiger partial charge in [-0.05, 0) is 61.5 Å². The van der Waals surface area contributed by atoms with Crippen molar-refractivity contribution in [1.29, 1.82) is 0 Å².